The van der Waals surface area contributed by atoms with Crippen molar-refractivity contribution in [2.75, 3.05) is 13.7 Å². The van der Waals surface area contributed by atoms with Crippen LogP contribution in [0.15, 0.2) is 30.3 Å². The summed E-state index contributed by atoms with van der Waals surface area (Å²) in [6.07, 6.45) is 1.89. The Hall–Kier alpha value is -2.04. The number of phenolic OH excluding ortho intramolecular Hbond substituents is 1. The maximum absolute atomic E-state index is 10.4. The minimum Gasteiger partial charge on any atom is -0.504 e. The van der Waals surface area contributed by atoms with Crippen LogP contribution in [0.3, 0.4) is 0 Å². The number of aromatic hydroxyl groups is 1. The highest BCUT2D eigenvalue weighted by molar-refractivity contribution is 5.52. The van der Waals surface area contributed by atoms with Gasteiger partial charge < -0.3 is 14.9 Å². The Kier molecular flexibility index (Phi) is 3.51. The molecule has 23 heavy (non-hydrogen) atoms. The van der Waals surface area contributed by atoms with Crippen LogP contribution < -0.4 is 4.74 Å². The van der Waals surface area contributed by atoms with Gasteiger partial charge in [0.1, 0.15) is 0 Å². The molecule has 2 N–H and O–H groups in total. The number of aliphatic hydroxyl groups excluding tert-OH is 1. The molecule has 2 heterocycles. The highest BCUT2D eigenvalue weighted by atomic mass is 16.5. The third-order valence-electron chi connectivity index (χ3n) is 5.20. The van der Waals surface area contributed by atoms with Gasteiger partial charge in [-0.25, -0.2) is 0 Å². The summed E-state index contributed by atoms with van der Waals surface area (Å²) < 4.78 is 5.24. The number of hydrogen-bond donors (Lipinski definition) is 2. The van der Waals surface area contributed by atoms with E-state index < -0.39 is 0 Å². The predicted octanol–water partition coefficient (Wildman–Crippen LogP) is 2.55. The lowest BCUT2D eigenvalue weighted by Gasteiger charge is -2.41. The summed E-state index contributed by atoms with van der Waals surface area (Å²) in [5.41, 5.74) is 5.88. The Balaban J connectivity index is 1.73. The van der Waals surface area contributed by atoms with Crippen molar-refractivity contribution in [3.05, 3.63) is 58.1 Å². The smallest absolute Gasteiger partial charge is 0.162 e. The quantitative estimate of drug-likeness (QED) is 0.895. The number of aliphatic hydroxyl groups is 1. The molecule has 0 aliphatic carbocycles. The van der Waals surface area contributed by atoms with E-state index in [4.69, 9.17) is 4.74 Å². The van der Waals surface area contributed by atoms with Crippen LogP contribution in [0.5, 0.6) is 11.5 Å². The first kappa shape index (κ1) is 14.5. The number of methoxy groups -OCH3 is 1. The van der Waals surface area contributed by atoms with Gasteiger partial charge in [-0.2, -0.15) is 0 Å². The molecule has 0 fully saturated rings. The minimum absolute atomic E-state index is 0.0954. The zero-order valence-corrected chi connectivity index (χ0v) is 13.2. The molecule has 1 atom stereocenters. The minimum atomic E-state index is 0.0954. The molecule has 0 saturated carbocycles. The third kappa shape index (κ3) is 2.30. The van der Waals surface area contributed by atoms with Crippen molar-refractivity contribution in [2.24, 2.45) is 0 Å². The van der Waals surface area contributed by atoms with E-state index in [2.05, 4.69) is 23.1 Å². The van der Waals surface area contributed by atoms with Crippen molar-refractivity contribution in [1.82, 2.24) is 4.90 Å². The first-order valence-electron chi connectivity index (χ1n) is 8.05. The first-order chi connectivity index (χ1) is 11.2. The number of phenols is 1. The fourth-order valence-corrected chi connectivity index (χ4v) is 3.94. The van der Waals surface area contributed by atoms with E-state index in [1.807, 2.05) is 12.1 Å². The summed E-state index contributed by atoms with van der Waals surface area (Å²) in [5.74, 6) is 0.831. The number of hydrogen-bond acceptors (Lipinski definition) is 4. The second-order valence-corrected chi connectivity index (χ2v) is 6.39. The van der Waals surface area contributed by atoms with E-state index in [-0.39, 0.29) is 12.4 Å². The molecule has 1 unspecified atom stereocenters. The van der Waals surface area contributed by atoms with Gasteiger partial charge in [-0.3, -0.25) is 4.90 Å². The largest absolute Gasteiger partial charge is 0.504 e. The van der Waals surface area contributed by atoms with Crippen LogP contribution in [0.4, 0.5) is 0 Å². The van der Waals surface area contributed by atoms with Crippen molar-refractivity contribution < 1.29 is 14.9 Å². The van der Waals surface area contributed by atoms with Crippen molar-refractivity contribution in [3.63, 3.8) is 0 Å². The molecule has 0 bridgehead atoms. The molecule has 0 spiro atoms. The van der Waals surface area contributed by atoms with Gasteiger partial charge in [0.25, 0.3) is 0 Å². The maximum Gasteiger partial charge on any atom is 0.162 e. The number of benzene rings is 2. The van der Waals surface area contributed by atoms with E-state index in [0.29, 0.717) is 11.8 Å². The van der Waals surface area contributed by atoms with E-state index in [1.54, 1.807) is 7.11 Å². The second kappa shape index (κ2) is 5.55. The number of fused-ring (bicyclic) bond motifs is 4. The molecule has 2 aromatic rings. The molecule has 0 aromatic heterocycles. The van der Waals surface area contributed by atoms with Crippen LogP contribution in [-0.4, -0.2) is 28.8 Å². The second-order valence-electron chi connectivity index (χ2n) is 6.39. The van der Waals surface area contributed by atoms with Gasteiger partial charge in [0, 0.05) is 24.7 Å². The van der Waals surface area contributed by atoms with Crippen LogP contribution in [0.2, 0.25) is 0 Å². The van der Waals surface area contributed by atoms with E-state index in [0.717, 1.165) is 37.1 Å². The summed E-state index contributed by atoms with van der Waals surface area (Å²) >= 11 is 0. The molecule has 0 amide bonds. The number of rotatable bonds is 2. The third-order valence-corrected chi connectivity index (χ3v) is 5.20. The summed E-state index contributed by atoms with van der Waals surface area (Å²) in [6.45, 7) is 1.82. The summed E-state index contributed by atoms with van der Waals surface area (Å²) in [5, 5.41) is 19.7. The molecular weight excluding hydrogens is 290 g/mol. The predicted molar refractivity (Wildman–Crippen MR) is 87.6 cm³/mol. The van der Waals surface area contributed by atoms with Gasteiger partial charge in [-0.05, 0) is 41.2 Å². The highest BCUT2D eigenvalue weighted by Gasteiger charge is 2.33. The normalized spacial score (nSPS) is 19.7. The van der Waals surface area contributed by atoms with Crippen LogP contribution in [-0.2, 0) is 26.0 Å². The molecule has 120 valence electrons. The lowest BCUT2D eigenvalue weighted by Crippen LogP contribution is -2.39. The zero-order valence-electron chi connectivity index (χ0n) is 13.2. The molecule has 0 radical (unpaired) electrons. The van der Waals surface area contributed by atoms with E-state index in [9.17, 15) is 10.2 Å². The fraction of sp³-hybridized carbons (Fsp3) is 0.368. The van der Waals surface area contributed by atoms with Gasteiger partial charge in [-0.1, -0.05) is 24.3 Å². The molecular formula is C19H21NO3. The molecule has 0 saturated heterocycles. The highest BCUT2D eigenvalue weighted by Crippen LogP contribution is 2.43. The average Bonchev–Trinajstić information content (AvgIpc) is 2.60. The molecule has 4 heteroatoms. The first-order valence-corrected chi connectivity index (χ1v) is 8.05. The Morgan fingerprint density at radius 1 is 1.22 bits per heavy atom. The average molecular weight is 311 g/mol. The Bertz CT molecular complexity index is 757. The Labute approximate surface area is 135 Å². The van der Waals surface area contributed by atoms with Gasteiger partial charge >= 0.3 is 0 Å². The van der Waals surface area contributed by atoms with Crippen LogP contribution in [0.1, 0.15) is 33.9 Å². The summed E-state index contributed by atoms with van der Waals surface area (Å²) in [4.78, 5) is 2.43. The van der Waals surface area contributed by atoms with Gasteiger partial charge in [0.05, 0.1) is 13.7 Å². The van der Waals surface area contributed by atoms with E-state index >= 15 is 0 Å². The summed E-state index contributed by atoms with van der Waals surface area (Å²) in [7, 11) is 1.59. The zero-order chi connectivity index (χ0) is 16.0. The maximum atomic E-state index is 10.4. The lowest BCUT2D eigenvalue weighted by atomic mass is 9.83. The van der Waals surface area contributed by atoms with Crippen molar-refractivity contribution >= 4 is 0 Å². The molecule has 4 nitrogen and oxygen atoms in total. The van der Waals surface area contributed by atoms with Crippen LogP contribution in [0, 0.1) is 0 Å². The van der Waals surface area contributed by atoms with Gasteiger partial charge in [0.2, 0.25) is 0 Å². The number of ether oxygens (including phenoxy) is 1. The SMILES string of the molecule is COc1ccc2c(c1O)CN1CCc3cc(CO)ccc3C1C2. The van der Waals surface area contributed by atoms with Crippen molar-refractivity contribution in [2.45, 2.75) is 32.0 Å². The number of nitrogens with zero attached hydrogens (tertiary/aromatic N) is 1. The Morgan fingerprint density at radius 3 is 2.87 bits per heavy atom. The summed E-state index contributed by atoms with van der Waals surface area (Å²) in [6, 6.07) is 10.6. The molecule has 4 rings (SSSR count). The van der Waals surface area contributed by atoms with Gasteiger partial charge in [-0.15, -0.1) is 0 Å². The molecule has 2 aliphatic heterocycles. The molecule has 2 aliphatic rings. The topological polar surface area (TPSA) is 52.9 Å². The standard InChI is InChI=1S/C19H21NO3/c1-23-18-5-3-13-9-17-15-4-2-12(11-21)8-14(15)6-7-20(17)10-16(13)19(18)22/h2-5,8,17,21-22H,6-7,9-11H2,1H3. The van der Waals surface area contributed by atoms with Crippen molar-refractivity contribution in [3.8, 4) is 11.5 Å². The lowest BCUT2D eigenvalue weighted by molar-refractivity contribution is 0.158. The molecule has 2 aromatic carbocycles. The van der Waals surface area contributed by atoms with Crippen LogP contribution >= 0.6 is 0 Å². The fourth-order valence-electron chi connectivity index (χ4n) is 3.94. The van der Waals surface area contributed by atoms with E-state index in [1.165, 1.54) is 16.7 Å². The monoisotopic (exact) mass is 311 g/mol. The Morgan fingerprint density at radius 2 is 2.09 bits per heavy atom. The van der Waals surface area contributed by atoms with Crippen molar-refractivity contribution in [1.29, 1.82) is 0 Å². The van der Waals surface area contributed by atoms with Gasteiger partial charge in [0.15, 0.2) is 11.5 Å². The van der Waals surface area contributed by atoms with Crippen LogP contribution in [0.25, 0.3) is 0 Å².